The van der Waals surface area contributed by atoms with Crippen molar-refractivity contribution in [2.24, 2.45) is 0 Å². The van der Waals surface area contributed by atoms with Crippen molar-refractivity contribution in [2.45, 2.75) is 0 Å². The van der Waals surface area contributed by atoms with Crippen molar-refractivity contribution < 1.29 is 0 Å². The van der Waals surface area contributed by atoms with Crippen LogP contribution in [0.3, 0.4) is 0 Å². The summed E-state index contributed by atoms with van der Waals surface area (Å²) < 4.78 is 0. The highest BCUT2D eigenvalue weighted by atomic mass is 14.6. The average molecular weight is 305 g/mol. The largest absolute Gasteiger partial charge is 0.256 e. The van der Waals surface area contributed by atoms with E-state index in [0.29, 0.717) is 0 Å². The molecule has 0 unspecified atom stereocenters. The predicted molar refractivity (Wildman–Crippen MR) is 102 cm³/mol. The number of para-hydroxylation sites is 1. The Morgan fingerprint density at radius 2 is 1.21 bits per heavy atom. The third-order valence-electron chi connectivity index (χ3n) is 4.67. The molecule has 1 nitrogen and oxygen atoms in total. The van der Waals surface area contributed by atoms with E-state index in [1.807, 2.05) is 12.3 Å². The van der Waals surface area contributed by atoms with Crippen LogP contribution in [0.5, 0.6) is 0 Å². The van der Waals surface area contributed by atoms with Crippen LogP contribution in [0.4, 0.5) is 0 Å². The summed E-state index contributed by atoms with van der Waals surface area (Å²) in [5.41, 5.74) is 3.43. The fraction of sp³-hybridized carbons (Fsp3) is 0. The molecule has 1 heteroatoms. The van der Waals surface area contributed by atoms with E-state index in [2.05, 4.69) is 83.8 Å². The first kappa shape index (κ1) is 13.3. The second-order valence-electron chi connectivity index (χ2n) is 6.11. The van der Waals surface area contributed by atoms with Gasteiger partial charge >= 0.3 is 0 Å². The first-order valence-electron chi connectivity index (χ1n) is 8.16. The molecule has 112 valence electrons. The maximum absolute atomic E-state index is 4.64. The van der Waals surface area contributed by atoms with Crippen LogP contribution in [0.25, 0.3) is 43.6 Å². The van der Waals surface area contributed by atoms with Crippen LogP contribution in [0, 0.1) is 0 Å². The molecule has 5 rings (SSSR count). The van der Waals surface area contributed by atoms with E-state index in [4.69, 9.17) is 0 Å². The Morgan fingerprint density at radius 3 is 2.08 bits per heavy atom. The predicted octanol–water partition coefficient (Wildman–Crippen LogP) is 6.21. The molecule has 5 aromatic rings. The highest BCUT2D eigenvalue weighted by Crippen LogP contribution is 2.35. The quantitative estimate of drug-likeness (QED) is 0.336. The van der Waals surface area contributed by atoms with Crippen LogP contribution in [-0.2, 0) is 0 Å². The zero-order valence-electron chi connectivity index (χ0n) is 13.1. The number of nitrogens with zero attached hydrogens (tertiary/aromatic N) is 1. The van der Waals surface area contributed by atoms with Gasteiger partial charge < -0.3 is 0 Å². The van der Waals surface area contributed by atoms with Gasteiger partial charge in [-0.1, -0.05) is 66.7 Å². The van der Waals surface area contributed by atoms with Gasteiger partial charge in [0.1, 0.15) is 0 Å². The van der Waals surface area contributed by atoms with Crippen LogP contribution in [0.1, 0.15) is 0 Å². The monoisotopic (exact) mass is 305 g/mol. The smallest absolute Gasteiger partial charge is 0.0702 e. The summed E-state index contributed by atoms with van der Waals surface area (Å²) in [4.78, 5) is 4.64. The first-order chi connectivity index (χ1) is 11.9. The Balaban J connectivity index is 1.89. The van der Waals surface area contributed by atoms with Crippen molar-refractivity contribution in [3.8, 4) is 11.1 Å². The van der Waals surface area contributed by atoms with Crippen molar-refractivity contribution in [3.05, 3.63) is 91.1 Å². The lowest BCUT2D eigenvalue weighted by molar-refractivity contribution is 1.41. The van der Waals surface area contributed by atoms with E-state index in [-0.39, 0.29) is 0 Å². The van der Waals surface area contributed by atoms with Crippen LogP contribution in [0.15, 0.2) is 91.1 Å². The highest BCUT2D eigenvalue weighted by molar-refractivity contribution is 6.13. The topological polar surface area (TPSA) is 12.9 Å². The summed E-state index contributed by atoms with van der Waals surface area (Å²) >= 11 is 0. The van der Waals surface area contributed by atoms with Gasteiger partial charge in [-0.05, 0) is 45.3 Å². The normalized spacial score (nSPS) is 11.3. The van der Waals surface area contributed by atoms with Crippen molar-refractivity contribution >= 4 is 32.4 Å². The van der Waals surface area contributed by atoms with Gasteiger partial charge in [0.05, 0.1) is 5.52 Å². The van der Waals surface area contributed by atoms with E-state index in [0.717, 1.165) is 11.1 Å². The van der Waals surface area contributed by atoms with Gasteiger partial charge in [-0.25, -0.2) is 0 Å². The number of rotatable bonds is 1. The number of pyridine rings is 1. The third kappa shape index (κ3) is 1.99. The lowest BCUT2D eigenvalue weighted by atomic mass is 9.93. The molecular formula is C23H15N. The molecule has 0 radical (unpaired) electrons. The minimum atomic E-state index is 1.03. The molecule has 0 atom stereocenters. The molecule has 0 saturated carbocycles. The Morgan fingerprint density at radius 1 is 0.542 bits per heavy atom. The molecule has 0 aliphatic rings. The standard InChI is InChI=1S/C23H15N/c1-3-9-19-16(7-1)14-22(21-11-5-4-10-20(19)21)18-13-17-8-2-6-12-23(17)24-15-18/h1-15H. The van der Waals surface area contributed by atoms with Gasteiger partial charge in [0.2, 0.25) is 0 Å². The molecule has 0 bridgehead atoms. The highest BCUT2D eigenvalue weighted by Gasteiger charge is 2.09. The van der Waals surface area contributed by atoms with Crippen LogP contribution in [-0.4, -0.2) is 4.98 Å². The van der Waals surface area contributed by atoms with Gasteiger partial charge in [0.25, 0.3) is 0 Å². The lowest BCUT2D eigenvalue weighted by Gasteiger charge is -2.11. The molecule has 1 heterocycles. The van der Waals surface area contributed by atoms with E-state index < -0.39 is 0 Å². The molecular weight excluding hydrogens is 290 g/mol. The van der Waals surface area contributed by atoms with Crippen LogP contribution < -0.4 is 0 Å². The van der Waals surface area contributed by atoms with Crippen molar-refractivity contribution in [2.75, 3.05) is 0 Å². The number of hydrogen-bond acceptors (Lipinski definition) is 1. The van der Waals surface area contributed by atoms with Gasteiger partial charge in [-0.15, -0.1) is 0 Å². The fourth-order valence-electron chi connectivity index (χ4n) is 3.51. The van der Waals surface area contributed by atoms with Gasteiger partial charge in [0.15, 0.2) is 0 Å². The molecule has 24 heavy (non-hydrogen) atoms. The van der Waals surface area contributed by atoms with Crippen LogP contribution in [0.2, 0.25) is 0 Å². The Kier molecular flexibility index (Phi) is 2.86. The van der Waals surface area contributed by atoms with E-state index in [9.17, 15) is 0 Å². The summed E-state index contributed by atoms with van der Waals surface area (Å²) in [6, 6.07) is 30.0. The zero-order chi connectivity index (χ0) is 15.9. The zero-order valence-corrected chi connectivity index (χ0v) is 13.1. The fourth-order valence-corrected chi connectivity index (χ4v) is 3.51. The summed E-state index contributed by atoms with van der Waals surface area (Å²) in [7, 11) is 0. The second-order valence-corrected chi connectivity index (χ2v) is 6.11. The van der Waals surface area contributed by atoms with Crippen LogP contribution >= 0.6 is 0 Å². The number of aromatic nitrogens is 1. The first-order valence-corrected chi connectivity index (χ1v) is 8.16. The molecule has 0 aliphatic heterocycles. The van der Waals surface area contributed by atoms with E-state index in [1.165, 1.54) is 32.5 Å². The Bertz CT molecular complexity index is 1200. The molecule has 0 aliphatic carbocycles. The maximum Gasteiger partial charge on any atom is 0.0702 e. The van der Waals surface area contributed by atoms with Gasteiger partial charge in [-0.3, -0.25) is 4.98 Å². The maximum atomic E-state index is 4.64. The average Bonchev–Trinajstić information content (AvgIpc) is 2.67. The van der Waals surface area contributed by atoms with Crippen molar-refractivity contribution in [3.63, 3.8) is 0 Å². The minimum absolute atomic E-state index is 1.03. The summed E-state index contributed by atoms with van der Waals surface area (Å²) in [5.74, 6) is 0. The van der Waals surface area contributed by atoms with Crippen molar-refractivity contribution in [1.29, 1.82) is 0 Å². The molecule has 0 amide bonds. The molecule has 4 aromatic carbocycles. The third-order valence-corrected chi connectivity index (χ3v) is 4.67. The summed E-state index contributed by atoms with van der Waals surface area (Å²) in [5, 5.41) is 6.30. The van der Waals surface area contributed by atoms with Gasteiger partial charge in [0, 0.05) is 17.1 Å². The molecule has 0 saturated heterocycles. The lowest BCUT2D eigenvalue weighted by Crippen LogP contribution is -1.86. The summed E-state index contributed by atoms with van der Waals surface area (Å²) in [6.07, 6.45) is 1.98. The summed E-state index contributed by atoms with van der Waals surface area (Å²) in [6.45, 7) is 0. The number of fused-ring (bicyclic) bond motifs is 4. The number of hydrogen-bond donors (Lipinski definition) is 0. The van der Waals surface area contributed by atoms with Gasteiger partial charge in [-0.2, -0.15) is 0 Å². The molecule has 0 fully saturated rings. The molecule has 0 spiro atoms. The Hall–Kier alpha value is -3.19. The molecule has 1 aromatic heterocycles. The minimum Gasteiger partial charge on any atom is -0.256 e. The second kappa shape index (κ2) is 5.17. The van der Waals surface area contributed by atoms with E-state index >= 15 is 0 Å². The van der Waals surface area contributed by atoms with E-state index in [1.54, 1.807) is 0 Å². The van der Waals surface area contributed by atoms with Crippen molar-refractivity contribution in [1.82, 2.24) is 4.98 Å². The SMILES string of the molecule is c1ccc2ncc(-c3cc4ccccc4c4ccccc34)cc2c1. The number of benzene rings is 4. The Labute approximate surface area is 140 Å². The molecule has 0 N–H and O–H groups in total.